The first-order chi connectivity index (χ1) is 12.6. The molecule has 0 saturated carbocycles. The lowest BCUT2D eigenvalue weighted by Crippen LogP contribution is -2.49. The van der Waals surface area contributed by atoms with E-state index in [4.69, 9.17) is 4.74 Å². The Morgan fingerprint density at radius 2 is 1.61 bits per heavy atom. The zero-order valence-corrected chi connectivity index (χ0v) is 23.3. The number of rotatable bonds is 5. The zero-order chi connectivity index (χ0) is 21.7. The highest BCUT2D eigenvalue weighted by Crippen LogP contribution is 2.37. The first-order valence-electron chi connectivity index (χ1n) is 10.6. The Balaban J connectivity index is 2.88. The summed E-state index contributed by atoms with van der Waals surface area (Å²) in [4.78, 5) is 0. The first kappa shape index (κ1) is 23.4. The summed E-state index contributed by atoms with van der Waals surface area (Å²) in [6.45, 7) is 26.7. The van der Waals surface area contributed by atoms with Crippen molar-refractivity contribution in [1.29, 1.82) is 0 Å². The molecule has 1 aliphatic carbocycles. The minimum Gasteiger partial charge on any atom is -0.497 e. The Bertz CT molecular complexity index is 816. The molecule has 0 amide bonds. The van der Waals surface area contributed by atoms with Crippen LogP contribution in [0.3, 0.4) is 0 Å². The van der Waals surface area contributed by atoms with Crippen LogP contribution in [0.25, 0.3) is 0 Å². The van der Waals surface area contributed by atoms with Crippen LogP contribution >= 0.6 is 0 Å². The molecule has 0 spiro atoms. The SMILES string of the molecule is COc1c([Si](C)(C)C2=C([Si](C)(C)C)C=CC2)cc(C)c([Si](C)C)c1C(C)(C)C. The molecular weight excluding hydrogens is 389 g/mol. The van der Waals surface area contributed by atoms with E-state index in [9.17, 15) is 0 Å². The maximum absolute atomic E-state index is 6.23. The number of methoxy groups -OCH3 is 1. The molecule has 0 aliphatic heterocycles. The summed E-state index contributed by atoms with van der Waals surface area (Å²) in [6, 6.07) is 2.50. The molecule has 0 saturated heterocycles. The van der Waals surface area contributed by atoms with Gasteiger partial charge in [0.1, 0.15) is 13.8 Å². The molecule has 1 nitrogen and oxygen atoms in total. The lowest BCUT2D eigenvalue weighted by molar-refractivity contribution is 0.401. The predicted molar refractivity (Wildman–Crippen MR) is 135 cm³/mol. The number of hydrogen-bond donors (Lipinski definition) is 0. The van der Waals surface area contributed by atoms with Crippen molar-refractivity contribution >= 4 is 35.3 Å². The van der Waals surface area contributed by atoms with Crippen molar-refractivity contribution in [3.05, 3.63) is 39.7 Å². The predicted octanol–water partition coefficient (Wildman–Crippen LogP) is 5.85. The molecule has 0 heterocycles. The van der Waals surface area contributed by atoms with Gasteiger partial charge >= 0.3 is 0 Å². The maximum Gasteiger partial charge on any atom is 0.122 e. The topological polar surface area (TPSA) is 9.23 Å². The van der Waals surface area contributed by atoms with E-state index in [0.29, 0.717) is 0 Å². The van der Waals surface area contributed by atoms with Gasteiger partial charge in [-0.05, 0) is 29.5 Å². The van der Waals surface area contributed by atoms with Crippen molar-refractivity contribution in [2.24, 2.45) is 0 Å². The van der Waals surface area contributed by atoms with Gasteiger partial charge in [0.15, 0.2) is 0 Å². The number of hydrogen-bond acceptors (Lipinski definition) is 1. The largest absolute Gasteiger partial charge is 0.497 e. The molecule has 0 fully saturated rings. The number of ether oxygens (including phenoxy) is 1. The summed E-state index contributed by atoms with van der Waals surface area (Å²) in [5.74, 6) is 1.19. The molecule has 0 N–H and O–H groups in total. The molecule has 1 aromatic carbocycles. The number of allylic oxidation sites excluding steroid dienone is 4. The summed E-state index contributed by atoms with van der Waals surface area (Å²) in [7, 11) is -1.90. The van der Waals surface area contributed by atoms with Gasteiger partial charge in [-0.1, -0.05) is 106 Å². The van der Waals surface area contributed by atoms with E-state index < -0.39 is 24.9 Å². The standard InChI is InChI=1S/C24H41OSi3/c1-17-16-20(22(25-5)21(24(2,3)4)23(17)26(6)7)28(11,12)19-15-13-14-18(19)27(8,9)10/h13-14,16H,15H2,1-12H3. The van der Waals surface area contributed by atoms with E-state index in [0.717, 1.165) is 6.42 Å². The average molecular weight is 430 g/mol. The molecule has 1 radical (unpaired) electrons. The summed E-state index contributed by atoms with van der Waals surface area (Å²) in [5.41, 5.74) is 3.02. The second-order valence-corrected chi connectivity index (χ2v) is 23.1. The third-order valence-electron chi connectivity index (χ3n) is 6.10. The third-order valence-corrected chi connectivity index (χ3v) is 13.8. The smallest absolute Gasteiger partial charge is 0.122 e. The van der Waals surface area contributed by atoms with Crippen LogP contribution in [0.2, 0.25) is 45.8 Å². The Labute approximate surface area is 177 Å². The van der Waals surface area contributed by atoms with Crippen LogP contribution in [0.15, 0.2) is 28.6 Å². The van der Waals surface area contributed by atoms with E-state index in [-0.39, 0.29) is 5.41 Å². The summed E-state index contributed by atoms with van der Waals surface area (Å²) in [5, 5.41) is 6.49. The Kier molecular flexibility index (Phi) is 6.50. The zero-order valence-electron chi connectivity index (χ0n) is 20.3. The van der Waals surface area contributed by atoms with E-state index in [2.05, 4.69) is 91.7 Å². The first-order valence-corrected chi connectivity index (χ1v) is 19.6. The lowest BCUT2D eigenvalue weighted by Gasteiger charge is -2.36. The molecule has 0 atom stereocenters. The van der Waals surface area contributed by atoms with Gasteiger partial charge in [0.2, 0.25) is 0 Å². The van der Waals surface area contributed by atoms with E-state index in [1.165, 1.54) is 22.1 Å². The summed E-state index contributed by atoms with van der Waals surface area (Å²) < 4.78 is 6.23. The van der Waals surface area contributed by atoms with Crippen LogP contribution in [0, 0.1) is 6.92 Å². The Morgan fingerprint density at radius 1 is 1.04 bits per heavy atom. The molecule has 155 valence electrons. The van der Waals surface area contributed by atoms with Gasteiger partial charge in [0.05, 0.1) is 24.0 Å². The highest BCUT2D eigenvalue weighted by Gasteiger charge is 2.39. The van der Waals surface area contributed by atoms with Crippen LogP contribution in [0.5, 0.6) is 5.75 Å². The van der Waals surface area contributed by atoms with E-state index >= 15 is 0 Å². The van der Waals surface area contributed by atoms with Crippen LogP contribution in [-0.4, -0.2) is 32.1 Å². The normalized spacial score (nSPS) is 15.8. The molecule has 0 bridgehead atoms. The van der Waals surface area contributed by atoms with Crippen LogP contribution in [-0.2, 0) is 5.41 Å². The quantitative estimate of drug-likeness (QED) is 0.533. The molecule has 28 heavy (non-hydrogen) atoms. The number of aryl methyl sites for hydroxylation is 1. The van der Waals surface area contributed by atoms with Crippen molar-refractivity contribution in [3.63, 3.8) is 0 Å². The summed E-state index contributed by atoms with van der Waals surface area (Å²) in [6.07, 6.45) is 5.97. The van der Waals surface area contributed by atoms with Gasteiger partial charge in [0, 0.05) is 0 Å². The van der Waals surface area contributed by atoms with Gasteiger partial charge in [-0.3, -0.25) is 0 Å². The average Bonchev–Trinajstić information content (AvgIpc) is 3.03. The van der Waals surface area contributed by atoms with Gasteiger partial charge in [0.25, 0.3) is 0 Å². The van der Waals surface area contributed by atoms with Gasteiger partial charge in [-0.2, -0.15) is 0 Å². The maximum atomic E-state index is 6.23. The molecule has 1 aromatic rings. The van der Waals surface area contributed by atoms with Crippen molar-refractivity contribution in [1.82, 2.24) is 0 Å². The highest BCUT2D eigenvalue weighted by molar-refractivity contribution is 6.98. The van der Waals surface area contributed by atoms with Gasteiger partial charge < -0.3 is 4.74 Å². The molecule has 2 rings (SSSR count). The van der Waals surface area contributed by atoms with Gasteiger partial charge in [-0.25, -0.2) is 0 Å². The molecule has 4 heteroatoms. The Morgan fingerprint density at radius 3 is 2.04 bits per heavy atom. The monoisotopic (exact) mass is 429 g/mol. The minimum atomic E-state index is -1.85. The van der Waals surface area contributed by atoms with Crippen LogP contribution < -0.4 is 15.1 Å². The Hall–Kier alpha value is -0.849. The van der Waals surface area contributed by atoms with Gasteiger partial charge in [-0.15, -0.1) is 0 Å². The van der Waals surface area contributed by atoms with E-state index in [1.807, 2.05) is 7.11 Å². The number of benzene rings is 1. The van der Waals surface area contributed by atoms with Crippen molar-refractivity contribution in [3.8, 4) is 5.75 Å². The fourth-order valence-electron chi connectivity index (χ4n) is 4.80. The molecule has 1 aliphatic rings. The van der Waals surface area contributed by atoms with Crippen molar-refractivity contribution in [2.75, 3.05) is 7.11 Å². The highest BCUT2D eigenvalue weighted by atomic mass is 28.3. The second-order valence-electron chi connectivity index (χ2n) is 11.1. The van der Waals surface area contributed by atoms with E-state index in [1.54, 1.807) is 15.6 Å². The van der Waals surface area contributed by atoms with Crippen LogP contribution in [0.4, 0.5) is 0 Å². The summed E-state index contributed by atoms with van der Waals surface area (Å²) >= 11 is 0. The molecular formula is C24H41OSi3. The van der Waals surface area contributed by atoms with Crippen LogP contribution in [0.1, 0.15) is 38.3 Å². The fraction of sp³-hybridized carbons (Fsp3) is 0.583. The molecule has 0 unspecified atom stereocenters. The van der Waals surface area contributed by atoms with Crippen molar-refractivity contribution < 1.29 is 4.74 Å². The minimum absolute atomic E-state index is 0.0811. The molecule has 0 aromatic heterocycles. The second kappa shape index (κ2) is 7.77. The fourth-order valence-corrected chi connectivity index (χ4v) is 13.4. The van der Waals surface area contributed by atoms with Crippen molar-refractivity contribution in [2.45, 2.75) is 85.4 Å². The lowest BCUT2D eigenvalue weighted by atomic mass is 9.85. The third kappa shape index (κ3) is 4.19.